The first-order valence-corrected chi connectivity index (χ1v) is 7.77. The minimum absolute atomic E-state index is 0.241. The molecule has 0 radical (unpaired) electrons. The number of rotatable bonds is 1. The summed E-state index contributed by atoms with van der Waals surface area (Å²) >= 11 is 0. The van der Waals surface area contributed by atoms with Gasteiger partial charge < -0.3 is 9.80 Å². The standard InChI is InChI=1S/C11H20N2O.2C2H6/c1-10(14)12-8-4-11(5-9-12)13-6-2-3-7-13;2*1-2/h11H,2-9H2,1H3;2*1-2H3. The van der Waals surface area contributed by atoms with E-state index in [0.29, 0.717) is 0 Å². The third-order valence-electron chi connectivity index (χ3n) is 3.57. The fraction of sp³-hybridized carbons (Fsp3) is 0.933. The lowest BCUT2D eigenvalue weighted by atomic mass is 10.0. The van der Waals surface area contributed by atoms with Gasteiger partial charge in [0, 0.05) is 26.1 Å². The molecule has 2 heterocycles. The number of piperidine rings is 1. The molecular formula is C15H32N2O. The smallest absolute Gasteiger partial charge is 0.219 e. The van der Waals surface area contributed by atoms with Gasteiger partial charge in [0.05, 0.1) is 0 Å². The van der Waals surface area contributed by atoms with E-state index in [1.165, 1.54) is 38.8 Å². The number of hydrogen-bond acceptors (Lipinski definition) is 2. The largest absolute Gasteiger partial charge is 0.343 e. The van der Waals surface area contributed by atoms with Crippen LogP contribution in [0, 0.1) is 0 Å². The Labute approximate surface area is 114 Å². The zero-order valence-corrected chi connectivity index (χ0v) is 13.0. The normalized spacial score (nSPS) is 20.6. The van der Waals surface area contributed by atoms with Crippen LogP contribution < -0.4 is 0 Å². The van der Waals surface area contributed by atoms with E-state index in [-0.39, 0.29) is 5.91 Å². The highest BCUT2D eigenvalue weighted by Crippen LogP contribution is 2.20. The molecule has 0 aromatic heterocycles. The van der Waals surface area contributed by atoms with Crippen molar-refractivity contribution in [2.75, 3.05) is 26.2 Å². The van der Waals surface area contributed by atoms with Crippen LogP contribution in [0.1, 0.15) is 60.3 Å². The van der Waals surface area contributed by atoms with Crippen molar-refractivity contribution in [3.8, 4) is 0 Å². The van der Waals surface area contributed by atoms with Crippen LogP contribution in [-0.4, -0.2) is 47.9 Å². The van der Waals surface area contributed by atoms with Crippen LogP contribution in [0.5, 0.6) is 0 Å². The summed E-state index contributed by atoms with van der Waals surface area (Å²) < 4.78 is 0. The number of carbonyl (C=O) groups is 1. The Morgan fingerprint density at radius 2 is 1.33 bits per heavy atom. The van der Waals surface area contributed by atoms with E-state index in [2.05, 4.69) is 4.90 Å². The molecule has 0 aromatic carbocycles. The summed E-state index contributed by atoms with van der Waals surface area (Å²) in [5.41, 5.74) is 0. The minimum atomic E-state index is 0.241. The zero-order chi connectivity index (χ0) is 14.0. The average molecular weight is 256 g/mol. The van der Waals surface area contributed by atoms with E-state index in [0.717, 1.165) is 19.1 Å². The second-order valence-corrected chi connectivity index (χ2v) is 4.48. The summed E-state index contributed by atoms with van der Waals surface area (Å²) in [4.78, 5) is 15.7. The molecule has 0 unspecified atom stereocenters. The van der Waals surface area contributed by atoms with Crippen LogP contribution in [-0.2, 0) is 4.79 Å². The van der Waals surface area contributed by atoms with Crippen LogP contribution in [0.4, 0.5) is 0 Å². The van der Waals surface area contributed by atoms with Crippen molar-refractivity contribution < 1.29 is 4.79 Å². The van der Waals surface area contributed by atoms with E-state index in [4.69, 9.17) is 0 Å². The second-order valence-electron chi connectivity index (χ2n) is 4.48. The summed E-state index contributed by atoms with van der Waals surface area (Å²) in [6, 6.07) is 0.758. The van der Waals surface area contributed by atoms with Crippen molar-refractivity contribution >= 4 is 5.91 Å². The molecular weight excluding hydrogens is 224 g/mol. The molecule has 3 nitrogen and oxygen atoms in total. The van der Waals surface area contributed by atoms with Gasteiger partial charge in [0.25, 0.3) is 0 Å². The lowest BCUT2D eigenvalue weighted by Crippen LogP contribution is -2.45. The predicted molar refractivity (Wildman–Crippen MR) is 78.8 cm³/mol. The summed E-state index contributed by atoms with van der Waals surface area (Å²) in [5.74, 6) is 0.241. The molecule has 2 fully saturated rings. The quantitative estimate of drug-likeness (QED) is 0.719. The zero-order valence-electron chi connectivity index (χ0n) is 13.0. The Morgan fingerprint density at radius 1 is 0.889 bits per heavy atom. The van der Waals surface area contributed by atoms with Crippen LogP contribution in [0.15, 0.2) is 0 Å². The SMILES string of the molecule is CC.CC.CC(=O)N1CCC(N2CCCC2)CC1. The number of nitrogens with zero attached hydrogens (tertiary/aromatic N) is 2. The monoisotopic (exact) mass is 256 g/mol. The molecule has 0 spiro atoms. The van der Waals surface area contributed by atoms with Crippen LogP contribution >= 0.6 is 0 Å². The lowest BCUT2D eigenvalue weighted by molar-refractivity contribution is -0.130. The fourth-order valence-corrected chi connectivity index (χ4v) is 2.65. The third kappa shape index (κ3) is 5.38. The maximum atomic E-state index is 11.1. The first-order valence-electron chi connectivity index (χ1n) is 7.77. The molecule has 1 amide bonds. The predicted octanol–water partition coefficient (Wildman–Crippen LogP) is 3.15. The van der Waals surface area contributed by atoms with E-state index in [1.807, 2.05) is 32.6 Å². The van der Waals surface area contributed by atoms with E-state index in [1.54, 1.807) is 6.92 Å². The van der Waals surface area contributed by atoms with Gasteiger partial charge in [-0.05, 0) is 38.8 Å². The molecule has 0 atom stereocenters. The van der Waals surface area contributed by atoms with Crippen molar-refractivity contribution in [1.82, 2.24) is 9.80 Å². The van der Waals surface area contributed by atoms with E-state index >= 15 is 0 Å². The van der Waals surface area contributed by atoms with E-state index < -0.39 is 0 Å². The van der Waals surface area contributed by atoms with Gasteiger partial charge in [-0.3, -0.25) is 4.79 Å². The Kier molecular flexibility index (Phi) is 10.0. The van der Waals surface area contributed by atoms with Gasteiger partial charge in [-0.1, -0.05) is 27.7 Å². The molecule has 2 aliphatic heterocycles. The van der Waals surface area contributed by atoms with Gasteiger partial charge in [0.15, 0.2) is 0 Å². The molecule has 2 saturated heterocycles. The van der Waals surface area contributed by atoms with Gasteiger partial charge in [0.2, 0.25) is 5.91 Å². The Bertz CT molecular complexity index is 205. The van der Waals surface area contributed by atoms with Crippen molar-refractivity contribution in [2.45, 2.75) is 66.3 Å². The van der Waals surface area contributed by atoms with Gasteiger partial charge in [-0.15, -0.1) is 0 Å². The number of likely N-dealkylation sites (tertiary alicyclic amines) is 2. The van der Waals surface area contributed by atoms with Crippen molar-refractivity contribution in [2.24, 2.45) is 0 Å². The molecule has 0 N–H and O–H groups in total. The molecule has 0 saturated carbocycles. The van der Waals surface area contributed by atoms with Crippen molar-refractivity contribution in [1.29, 1.82) is 0 Å². The van der Waals surface area contributed by atoms with Crippen LogP contribution in [0.2, 0.25) is 0 Å². The highest BCUT2D eigenvalue weighted by atomic mass is 16.2. The lowest BCUT2D eigenvalue weighted by Gasteiger charge is -2.36. The number of carbonyl (C=O) groups excluding carboxylic acids is 1. The number of amides is 1. The highest BCUT2D eigenvalue weighted by Gasteiger charge is 2.26. The molecule has 108 valence electrons. The van der Waals surface area contributed by atoms with Gasteiger partial charge in [0.1, 0.15) is 0 Å². The summed E-state index contributed by atoms with van der Waals surface area (Å²) in [7, 11) is 0. The Balaban J connectivity index is 0.000000659. The van der Waals surface area contributed by atoms with E-state index in [9.17, 15) is 4.79 Å². The molecule has 0 bridgehead atoms. The maximum absolute atomic E-state index is 11.1. The molecule has 0 aromatic rings. The summed E-state index contributed by atoms with van der Waals surface area (Å²) in [6.45, 7) is 14.2. The van der Waals surface area contributed by atoms with Gasteiger partial charge >= 0.3 is 0 Å². The van der Waals surface area contributed by atoms with Crippen molar-refractivity contribution in [3.63, 3.8) is 0 Å². The molecule has 2 rings (SSSR count). The summed E-state index contributed by atoms with van der Waals surface area (Å²) in [6.07, 6.45) is 5.10. The molecule has 3 heteroatoms. The number of hydrogen-bond donors (Lipinski definition) is 0. The Morgan fingerprint density at radius 3 is 1.72 bits per heavy atom. The molecule has 18 heavy (non-hydrogen) atoms. The molecule has 0 aliphatic carbocycles. The Hall–Kier alpha value is -0.570. The first kappa shape index (κ1) is 17.4. The maximum Gasteiger partial charge on any atom is 0.219 e. The highest BCUT2D eigenvalue weighted by molar-refractivity contribution is 5.73. The molecule has 2 aliphatic rings. The second kappa shape index (κ2) is 10.4. The summed E-state index contributed by atoms with van der Waals surface area (Å²) in [5, 5.41) is 0. The minimum Gasteiger partial charge on any atom is -0.343 e. The van der Waals surface area contributed by atoms with Crippen molar-refractivity contribution in [3.05, 3.63) is 0 Å². The average Bonchev–Trinajstić information content (AvgIpc) is 2.97. The van der Waals surface area contributed by atoms with Gasteiger partial charge in [-0.2, -0.15) is 0 Å². The fourth-order valence-electron chi connectivity index (χ4n) is 2.65. The third-order valence-corrected chi connectivity index (χ3v) is 3.57. The first-order chi connectivity index (χ1) is 8.77. The van der Waals surface area contributed by atoms with Gasteiger partial charge in [-0.25, -0.2) is 0 Å². The van der Waals surface area contributed by atoms with Crippen LogP contribution in [0.25, 0.3) is 0 Å². The topological polar surface area (TPSA) is 23.6 Å². The van der Waals surface area contributed by atoms with Crippen LogP contribution in [0.3, 0.4) is 0 Å².